The molecule has 1 N–H and O–H groups in total. The molecule has 0 aliphatic carbocycles. The van der Waals surface area contributed by atoms with Crippen molar-refractivity contribution in [3.8, 4) is 0 Å². The average molecular weight is 196 g/mol. The van der Waals surface area contributed by atoms with Gasteiger partial charge in [0.1, 0.15) is 6.73 Å². The fraction of sp³-hybridized carbons (Fsp3) is 0.500. The Morgan fingerprint density at radius 3 is 2.79 bits per heavy atom. The van der Waals surface area contributed by atoms with Gasteiger partial charge < -0.3 is 10.1 Å². The third kappa shape index (κ3) is 2.14. The van der Waals surface area contributed by atoms with Crippen LogP contribution >= 0.6 is 0 Å². The smallest absolute Gasteiger partial charge is 0.327 e. The predicted molar refractivity (Wildman–Crippen MR) is 54.3 cm³/mol. The molecular weight excluding hydrogens is 180 g/mol. The van der Waals surface area contributed by atoms with Gasteiger partial charge in [-0.15, -0.1) is 0 Å². The van der Waals surface area contributed by atoms with Gasteiger partial charge in [0, 0.05) is 19.0 Å². The summed E-state index contributed by atoms with van der Waals surface area (Å²) in [6, 6.07) is -0.193. The van der Waals surface area contributed by atoms with Gasteiger partial charge in [0.15, 0.2) is 0 Å². The highest BCUT2D eigenvalue weighted by atomic mass is 16.5. The van der Waals surface area contributed by atoms with E-state index in [1.807, 2.05) is 0 Å². The lowest BCUT2D eigenvalue weighted by molar-refractivity contribution is 0.107. The van der Waals surface area contributed by atoms with Crippen LogP contribution in [0.25, 0.3) is 0 Å². The maximum absolute atomic E-state index is 11.4. The predicted octanol–water partition coefficient (Wildman–Crippen LogP) is 1.67. The summed E-state index contributed by atoms with van der Waals surface area (Å²) in [5, 5.41) is 2.69. The molecule has 1 aliphatic rings. The Kier molecular flexibility index (Phi) is 3.30. The highest BCUT2D eigenvalue weighted by molar-refractivity contribution is 5.80. The molecule has 0 saturated carbocycles. The molecule has 0 unspecified atom stereocenters. The Bertz CT molecular complexity index is 282. The molecule has 14 heavy (non-hydrogen) atoms. The van der Waals surface area contributed by atoms with Crippen LogP contribution in [-0.4, -0.2) is 24.8 Å². The van der Waals surface area contributed by atoms with Crippen molar-refractivity contribution in [2.24, 2.45) is 5.92 Å². The molecule has 4 nitrogen and oxygen atoms in total. The number of methoxy groups -OCH3 is 1. The van der Waals surface area contributed by atoms with E-state index in [4.69, 9.17) is 4.74 Å². The second-order valence-electron chi connectivity index (χ2n) is 3.54. The zero-order chi connectivity index (χ0) is 10.7. The number of ether oxygens (including phenoxy) is 1. The minimum absolute atomic E-state index is 0.193. The molecule has 0 aromatic heterocycles. The van der Waals surface area contributed by atoms with Gasteiger partial charge in [-0.2, -0.15) is 0 Å². The van der Waals surface area contributed by atoms with Crippen LogP contribution in [-0.2, 0) is 4.74 Å². The third-order valence-electron chi connectivity index (χ3n) is 2.05. The van der Waals surface area contributed by atoms with E-state index < -0.39 is 0 Å². The van der Waals surface area contributed by atoms with E-state index in [0.717, 1.165) is 5.57 Å². The van der Waals surface area contributed by atoms with Crippen LogP contribution in [0.2, 0.25) is 0 Å². The highest BCUT2D eigenvalue weighted by Gasteiger charge is 2.21. The Morgan fingerprint density at radius 1 is 1.64 bits per heavy atom. The first-order valence-corrected chi connectivity index (χ1v) is 4.53. The van der Waals surface area contributed by atoms with Crippen LogP contribution in [0.1, 0.15) is 13.8 Å². The first kappa shape index (κ1) is 10.8. The molecule has 78 valence electrons. The lowest BCUT2D eigenvalue weighted by atomic mass is 10.0. The first-order chi connectivity index (χ1) is 6.56. The second kappa shape index (κ2) is 4.28. The zero-order valence-electron chi connectivity index (χ0n) is 8.83. The summed E-state index contributed by atoms with van der Waals surface area (Å²) in [5.74, 6) is 0.336. The summed E-state index contributed by atoms with van der Waals surface area (Å²) in [6.07, 6.45) is 1.79. The molecule has 0 fully saturated rings. The van der Waals surface area contributed by atoms with Gasteiger partial charge in [-0.05, 0) is 11.5 Å². The number of nitrogens with zero attached hydrogens (tertiary/aromatic N) is 1. The number of carbonyl (C=O) groups excluding carboxylic acids is 1. The van der Waals surface area contributed by atoms with E-state index in [2.05, 4.69) is 25.7 Å². The molecule has 1 heterocycles. The summed E-state index contributed by atoms with van der Waals surface area (Å²) in [6.45, 7) is 8.16. The molecular formula is C10H16N2O2. The van der Waals surface area contributed by atoms with Gasteiger partial charge in [-0.25, -0.2) is 4.79 Å². The van der Waals surface area contributed by atoms with Crippen LogP contribution in [0.3, 0.4) is 0 Å². The topological polar surface area (TPSA) is 41.6 Å². The van der Waals surface area contributed by atoms with Crippen molar-refractivity contribution in [2.75, 3.05) is 13.8 Å². The number of amides is 2. The SMILES string of the molecule is C=C1NC(=O)N(COC)C=C1C(C)C. The number of hydrogen-bond acceptors (Lipinski definition) is 2. The van der Waals surface area contributed by atoms with Crippen molar-refractivity contribution in [1.82, 2.24) is 10.2 Å². The van der Waals surface area contributed by atoms with E-state index in [-0.39, 0.29) is 12.8 Å². The quantitative estimate of drug-likeness (QED) is 0.746. The van der Waals surface area contributed by atoms with Gasteiger partial charge in [-0.1, -0.05) is 20.4 Å². The molecule has 0 bridgehead atoms. The molecule has 0 saturated heterocycles. The summed E-state index contributed by atoms with van der Waals surface area (Å²) >= 11 is 0. The lowest BCUT2D eigenvalue weighted by Crippen LogP contribution is -2.41. The minimum atomic E-state index is -0.193. The number of rotatable bonds is 3. The monoisotopic (exact) mass is 196 g/mol. The van der Waals surface area contributed by atoms with E-state index in [1.54, 1.807) is 13.3 Å². The molecule has 0 radical (unpaired) electrons. The number of urea groups is 1. The fourth-order valence-corrected chi connectivity index (χ4v) is 1.31. The average Bonchev–Trinajstić information content (AvgIpc) is 2.09. The van der Waals surface area contributed by atoms with Crippen molar-refractivity contribution >= 4 is 6.03 Å². The van der Waals surface area contributed by atoms with Crippen molar-refractivity contribution < 1.29 is 9.53 Å². The normalized spacial score (nSPS) is 17.1. The van der Waals surface area contributed by atoms with Crippen molar-refractivity contribution in [3.05, 3.63) is 24.0 Å². The van der Waals surface area contributed by atoms with Crippen LogP contribution in [0.5, 0.6) is 0 Å². The standard InChI is InChI=1S/C10H16N2O2/c1-7(2)9-5-12(6-14-4)10(13)11-8(9)3/h5,7H,3,6H2,1-2,4H3,(H,11,13). The number of hydrogen-bond donors (Lipinski definition) is 1. The van der Waals surface area contributed by atoms with Crippen molar-refractivity contribution in [1.29, 1.82) is 0 Å². The molecule has 1 rings (SSSR count). The van der Waals surface area contributed by atoms with Gasteiger partial charge in [0.2, 0.25) is 0 Å². The van der Waals surface area contributed by atoms with Gasteiger partial charge >= 0.3 is 6.03 Å². The van der Waals surface area contributed by atoms with Gasteiger partial charge in [-0.3, -0.25) is 4.90 Å². The van der Waals surface area contributed by atoms with E-state index >= 15 is 0 Å². The summed E-state index contributed by atoms with van der Waals surface area (Å²) in [7, 11) is 1.56. The highest BCUT2D eigenvalue weighted by Crippen LogP contribution is 2.20. The van der Waals surface area contributed by atoms with Crippen molar-refractivity contribution in [2.45, 2.75) is 13.8 Å². The maximum atomic E-state index is 11.4. The summed E-state index contributed by atoms with van der Waals surface area (Å²) in [4.78, 5) is 12.9. The summed E-state index contributed by atoms with van der Waals surface area (Å²) in [5.41, 5.74) is 1.71. The first-order valence-electron chi connectivity index (χ1n) is 4.53. The molecule has 0 atom stereocenters. The second-order valence-corrected chi connectivity index (χ2v) is 3.54. The van der Waals surface area contributed by atoms with Crippen LogP contribution in [0, 0.1) is 5.92 Å². The Morgan fingerprint density at radius 2 is 2.29 bits per heavy atom. The Labute approximate surface area is 84.2 Å². The summed E-state index contributed by atoms with van der Waals surface area (Å²) < 4.78 is 4.91. The minimum Gasteiger partial charge on any atom is -0.364 e. The maximum Gasteiger partial charge on any atom is 0.327 e. The van der Waals surface area contributed by atoms with E-state index in [0.29, 0.717) is 11.6 Å². The fourth-order valence-electron chi connectivity index (χ4n) is 1.31. The number of nitrogens with one attached hydrogen (secondary N) is 1. The molecule has 2 amide bonds. The Balaban J connectivity index is 2.87. The molecule has 0 aromatic rings. The molecule has 4 heteroatoms. The van der Waals surface area contributed by atoms with Crippen LogP contribution in [0.4, 0.5) is 4.79 Å². The van der Waals surface area contributed by atoms with Gasteiger partial charge in [0.25, 0.3) is 0 Å². The molecule has 1 aliphatic heterocycles. The number of allylic oxidation sites excluding steroid dienone is 1. The molecule has 0 aromatic carbocycles. The largest absolute Gasteiger partial charge is 0.364 e. The van der Waals surface area contributed by atoms with Crippen molar-refractivity contribution in [3.63, 3.8) is 0 Å². The third-order valence-corrected chi connectivity index (χ3v) is 2.05. The van der Waals surface area contributed by atoms with Crippen LogP contribution < -0.4 is 5.32 Å². The zero-order valence-corrected chi connectivity index (χ0v) is 8.83. The van der Waals surface area contributed by atoms with E-state index in [9.17, 15) is 4.79 Å². The number of carbonyl (C=O) groups is 1. The Hall–Kier alpha value is -1.29. The van der Waals surface area contributed by atoms with Gasteiger partial charge in [0.05, 0.1) is 0 Å². The lowest BCUT2D eigenvalue weighted by Gasteiger charge is -2.28. The molecule has 0 spiro atoms. The van der Waals surface area contributed by atoms with E-state index in [1.165, 1.54) is 4.90 Å². The van der Waals surface area contributed by atoms with Crippen LogP contribution in [0.15, 0.2) is 24.0 Å².